The van der Waals surface area contributed by atoms with Gasteiger partial charge in [0.05, 0.1) is 0 Å². The SMILES string of the molecule is CCCc1nc(NN)cc(-n2nc(C)nc2C)n1. The number of nitrogens with zero attached hydrogens (tertiary/aromatic N) is 5. The van der Waals surface area contributed by atoms with Gasteiger partial charge in [-0.05, 0) is 20.3 Å². The summed E-state index contributed by atoms with van der Waals surface area (Å²) in [6.07, 6.45) is 1.78. The Morgan fingerprint density at radius 1 is 1.28 bits per heavy atom. The molecular weight excluding hydrogens is 230 g/mol. The smallest absolute Gasteiger partial charge is 0.161 e. The van der Waals surface area contributed by atoms with Crippen molar-refractivity contribution in [3.8, 4) is 5.82 Å². The Balaban J connectivity index is 2.49. The van der Waals surface area contributed by atoms with Crippen molar-refractivity contribution in [1.29, 1.82) is 0 Å². The molecule has 0 fully saturated rings. The highest BCUT2D eigenvalue weighted by Crippen LogP contribution is 2.12. The number of nitrogens with two attached hydrogens (primary N) is 1. The molecule has 0 bridgehead atoms. The Hall–Kier alpha value is -2.02. The van der Waals surface area contributed by atoms with Crippen LogP contribution in [0.5, 0.6) is 0 Å². The highest BCUT2D eigenvalue weighted by Gasteiger charge is 2.10. The van der Waals surface area contributed by atoms with Gasteiger partial charge in [0.15, 0.2) is 5.82 Å². The van der Waals surface area contributed by atoms with E-state index in [2.05, 4.69) is 32.4 Å². The molecule has 2 aromatic heterocycles. The molecule has 0 spiro atoms. The molecule has 0 unspecified atom stereocenters. The first-order valence-corrected chi connectivity index (χ1v) is 5.89. The van der Waals surface area contributed by atoms with Crippen molar-refractivity contribution in [2.45, 2.75) is 33.6 Å². The maximum Gasteiger partial charge on any atom is 0.161 e. The van der Waals surface area contributed by atoms with Gasteiger partial charge in [-0.15, -0.1) is 5.10 Å². The van der Waals surface area contributed by atoms with E-state index in [1.807, 2.05) is 13.8 Å². The standard InChI is InChI=1S/C11H17N7/c1-4-5-9-14-10(16-12)6-11(15-9)18-8(3)13-7(2)17-18/h6H,4-5,12H2,1-3H3,(H,14,15,16). The van der Waals surface area contributed by atoms with Crippen LogP contribution in [-0.4, -0.2) is 24.7 Å². The zero-order chi connectivity index (χ0) is 13.1. The highest BCUT2D eigenvalue weighted by atomic mass is 15.4. The Kier molecular flexibility index (Phi) is 3.52. The summed E-state index contributed by atoms with van der Waals surface area (Å²) in [7, 11) is 0. The number of aryl methyl sites for hydroxylation is 3. The molecule has 0 saturated heterocycles. The number of hydrogen-bond donors (Lipinski definition) is 2. The molecule has 2 aromatic rings. The number of anilines is 1. The summed E-state index contributed by atoms with van der Waals surface area (Å²) in [5.74, 6) is 8.93. The lowest BCUT2D eigenvalue weighted by Crippen LogP contribution is -2.13. The Morgan fingerprint density at radius 3 is 2.61 bits per heavy atom. The second-order valence-corrected chi connectivity index (χ2v) is 4.04. The Bertz CT molecular complexity index is 546. The predicted molar refractivity (Wildman–Crippen MR) is 68.2 cm³/mol. The third-order valence-electron chi connectivity index (χ3n) is 2.47. The van der Waals surface area contributed by atoms with Crippen LogP contribution in [-0.2, 0) is 6.42 Å². The molecule has 7 heteroatoms. The quantitative estimate of drug-likeness (QED) is 0.616. The molecule has 0 radical (unpaired) electrons. The molecule has 0 aliphatic carbocycles. The molecular formula is C11H17N7. The largest absolute Gasteiger partial charge is 0.308 e. The number of nitrogen functional groups attached to an aromatic ring is 1. The molecule has 0 aliphatic heterocycles. The third-order valence-corrected chi connectivity index (χ3v) is 2.47. The first-order valence-electron chi connectivity index (χ1n) is 5.89. The van der Waals surface area contributed by atoms with Crippen molar-refractivity contribution in [3.05, 3.63) is 23.5 Å². The molecule has 0 amide bonds. The predicted octanol–water partition coefficient (Wildman–Crippen LogP) is 0.912. The van der Waals surface area contributed by atoms with Crippen LogP contribution >= 0.6 is 0 Å². The molecule has 2 rings (SSSR count). The lowest BCUT2D eigenvalue weighted by atomic mass is 10.3. The molecule has 0 aromatic carbocycles. The van der Waals surface area contributed by atoms with Crippen molar-refractivity contribution >= 4 is 5.82 Å². The minimum atomic E-state index is 0.580. The third kappa shape index (κ3) is 2.45. The van der Waals surface area contributed by atoms with Crippen molar-refractivity contribution in [1.82, 2.24) is 24.7 Å². The van der Waals surface area contributed by atoms with E-state index in [-0.39, 0.29) is 0 Å². The molecule has 7 nitrogen and oxygen atoms in total. The first-order chi connectivity index (χ1) is 8.63. The lowest BCUT2D eigenvalue weighted by molar-refractivity contribution is 0.765. The fourth-order valence-electron chi connectivity index (χ4n) is 1.74. The van der Waals surface area contributed by atoms with E-state index in [1.54, 1.807) is 10.7 Å². The van der Waals surface area contributed by atoms with Gasteiger partial charge in [0.2, 0.25) is 0 Å². The zero-order valence-electron chi connectivity index (χ0n) is 10.8. The van der Waals surface area contributed by atoms with Gasteiger partial charge in [-0.1, -0.05) is 6.92 Å². The van der Waals surface area contributed by atoms with E-state index in [9.17, 15) is 0 Å². The number of hydrazine groups is 1. The molecule has 2 heterocycles. The normalized spacial score (nSPS) is 10.7. The summed E-state index contributed by atoms with van der Waals surface area (Å²) in [6.45, 7) is 5.81. The van der Waals surface area contributed by atoms with Crippen molar-refractivity contribution in [3.63, 3.8) is 0 Å². The van der Waals surface area contributed by atoms with Gasteiger partial charge in [0.1, 0.15) is 23.3 Å². The molecule has 18 heavy (non-hydrogen) atoms. The van der Waals surface area contributed by atoms with E-state index >= 15 is 0 Å². The average molecular weight is 247 g/mol. The number of hydrogen-bond acceptors (Lipinski definition) is 6. The molecule has 0 atom stereocenters. The van der Waals surface area contributed by atoms with Gasteiger partial charge in [-0.2, -0.15) is 4.68 Å². The zero-order valence-corrected chi connectivity index (χ0v) is 10.8. The van der Waals surface area contributed by atoms with Crippen molar-refractivity contribution < 1.29 is 0 Å². The van der Waals surface area contributed by atoms with Crippen LogP contribution in [0.25, 0.3) is 5.82 Å². The Morgan fingerprint density at radius 2 is 2.06 bits per heavy atom. The van der Waals surface area contributed by atoms with Crippen LogP contribution < -0.4 is 11.3 Å². The summed E-state index contributed by atoms with van der Waals surface area (Å²) in [5.41, 5.74) is 2.55. The summed E-state index contributed by atoms with van der Waals surface area (Å²) in [5, 5.41) is 4.30. The minimum absolute atomic E-state index is 0.580. The van der Waals surface area contributed by atoms with Gasteiger partial charge in [0.25, 0.3) is 0 Å². The molecule has 3 N–H and O–H groups in total. The van der Waals surface area contributed by atoms with Gasteiger partial charge in [-0.3, -0.25) is 0 Å². The minimum Gasteiger partial charge on any atom is -0.308 e. The van der Waals surface area contributed by atoms with Gasteiger partial charge < -0.3 is 5.43 Å². The monoisotopic (exact) mass is 247 g/mol. The van der Waals surface area contributed by atoms with E-state index in [0.717, 1.165) is 24.5 Å². The number of nitrogens with one attached hydrogen (secondary N) is 1. The van der Waals surface area contributed by atoms with Gasteiger partial charge in [-0.25, -0.2) is 20.8 Å². The summed E-state index contributed by atoms with van der Waals surface area (Å²) in [4.78, 5) is 13.0. The van der Waals surface area contributed by atoms with Crippen LogP contribution in [0.1, 0.15) is 30.8 Å². The van der Waals surface area contributed by atoms with Gasteiger partial charge >= 0.3 is 0 Å². The molecule has 0 aliphatic rings. The van der Waals surface area contributed by atoms with Crippen LogP contribution in [0.2, 0.25) is 0 Å². The average Bonchev–Trinajstić information content (AvgIpc) is 2.68. The van der Waals surface area contributed by atoms with E-state index in [0.29, 0.717) is 17.5 Å². The van der Waals surface area contributed by atoms with Crippen molar-refractivity contribution in [2.24, 2.45) is 5.84 Å². The molecule has 0 saturated carbocycles. The topological polar surface area (TPSA) is 94.5 Å². The summed E-state index contributed by atoms with van der Waals surface area (Å²) in [6, 6.07) is 1.75. The van der Waals surface area contributed by atoms with Crippen LogP contribution in [0.4, 0.5) is 5.82 Å². The lowest BCUT2D eigenvalue weighted by Gasteiger charge is -2.07. The maximum absolute atomic E-state index is 5.42. The first kappa shape index (κ1) is 12.4. The number of rotatable bonds is 4. The van der Waals surface area contributed by atoms with Crippen LogP contribution in [0, 0.1) is 13.8 Å². The van der Waals surface area contributed by atoms with E-state index in [4.69, 9.17) is 5.84 Å². The fourth-order valence-corrected chi connectivity index (χ4v) is 1.74. The van der Waals surface area contributed by atoms with Crippen LogP contribution in [0.3, 0.4) is 0 Å². The van der Waals surface area contributed by atoms with Gasteiger partial charge in [0, 0.05) is 12.5 Å². The van der Waals surface area contributed by atoms with E-state index < -0.39 is 0 Å². The van der Waals surface area contributed by atoms with E-state index in [1.165, 1.54) is 0 Å². The summed E-state index contributed by atoms with van der Waals surface area (Å²) >= 11 is 0. The van der Waals surface area contributed by atoms with Crippen LogP contribution in [0.15, 0.2) is 6.07 Å². The second-order valence-electron chi connectivity index (χ2n) is 4.04. The number of aromatic nitrogens is 5. The fraction of sp³-hybridized carbons (Fsp3) is 0.455. The Labute approximate surface area is 105 Å². The summed E-state index contributed by atoms with van der Waals surface area (Å²) < 4.78 is 1.69. The second kappa shape index (κ2) is 5.09. The molecule has 96 valence electrons. The van der Waals surface area contributed by atoms with Crippen molar-refractivity contribution in [2.75, 3.05) is 5.43 Å². The maximum atomic E-state index is 5.42. The highest BCUT2D eigenvalue weighted by molar-refractivity contribution is 5.40.